The van der Waals surface area contributed by atoms with Crippen molar-refractivity contribution in [2.45, 2.75) is 26.3 Å². The third-order valence-corrected chi connectivity index (χ3v) is 4.62. The second-order valence-electron chi connectivity index (χ2n) is 7.32. The van der Waals surface area contributed by atoms with Crippen LogP contribution in [0.3, 0.4) is 0 Å². The molecule has 0 atom stereocenters. The quantitative estimate of drug-likeness (QED) is 0.665. The summed E-state index contributed by atoms with van der Waals surface area (Å²) in [5.74, 6) is 0.526. The molecular formula is C18H24N6O2. The van der Waals surface area contributed by atoms with Gasteiger partial charge in [-0.2, -0.15) is 0 Å². The van der Waals surface area contributed by atoms with Crippen LogP contribution < -0.4 is 10.2 Å². The third-order valence-electron chi connectivity index (χ3n) is 4.62. The van der Waals surface area contributed by atoms with E-state index in [2.05, 4.69) is 45.9 Å². The average molecular weight is 356 g/mol. The van der Waals surface area contributed by atoms with E-state index in [-0.39, 0.29) is 16.1 Å². The van der Waals surface area contributed by atoms with Crippen LogP contribution in [0.15, 0.2) is 36.8 Å². The number of nitrogens with zero attached hydrogens (tertiary/aromatic N) is 5. The van der Waals surface area contributed by atoms with Gasteiger partial charge in [0.1, 0.15) is 17.8 Å². The minimum atomic E-state index is -0.384. The molecule has 1 aromatic heterocycles. The first kappa shape index (κ1) is 18.1. The second kappa shape index (κ2) is 7.25. The molecule has 2 aromatic rings. The smallest absolute Gasteiger partial charge is 0.292 e. The van der Waals surface area contributed by atoms with Crippen molar-refractivity contribution in [3.63, 3.8) is 0 Å². The van der Waals surface area contributed by atoms with Crippen LogP contribution in [-0.2, 0) is 0 Å². The molecule has 1 aliphatic rings. The highest BCUT2D eigenvalue weighted by Gasteiger charge is 2.26. The Morgan fingerprint density at radius 3 is 2.46 bits per heavy atom. The van der Waals surface area contributed by atoms with Crippen molar-refractivity contribution >= 4 is 22.9 Å². The Kier molecular flexibility index (Phi) is 5.03. The van der Waals surface area contributed by atoms with Gasteiger partial charge in [-0.1, -0.05) is 0 Å². The Morgan fingerprint density at radius 2 is 1.88 bits per heavy atom. The number of benzene rings is 1. The first-order valence-electron chi connectivity index (χ1n) is 8.66. The van der Waals surface area contributed by atoms with Gasteiger partial charge in [-0.25, -0.2) is 9.97 Å². The highest BCUT2D eigenvalue weighted by molar-refractivity contribution is 5.73. The van der Waals surface area contributed by atoms with Gasteiger partial charge in [0, 0.05) is 49.7 Å². The number of aromatic nitrogens is 2. The third kappa shape index (κ3) is 4.08. The number of hydrogen-bond acceptors (Lipinski definition) is 7. The van der Waals surface area contributed by atoms with E-state index in [1.54, 1.807) is 18.3 Å². The molecule has 8 nitrogen and oxygen atoms in total. The number of piperazine rings is 1. The van der Waals surface area contributed by atoms with Crippen molar-refractivity contribution in [3.05, 3.63) is 46.9 Å². The Morgan fingerprint density at radius 1 is 1.15 bits per heavy atom. The SMILES string of the molecule is CC(C)(C)N1CCN(c2ccc([N+](=O)[O-])c(Nc3ccncn3)c2)CC1. The van der Waals surface area contributed by atoms with Crippen molar-refractivity contribution < 1.29 is 4.92 Å². The molecule has 1 N–H and O–H groups in total. The number of nitrogens with one attached hydrogen (secondary N) is 1. The van der Waals surface area contributed by atoms with Crippen molar-refractivity contribution in [3.8, 4) is 0 Å². The first-order chi connectivity index (χ1) is 12.3. The van der Waals surface area contributed by atoms with Gasteiger partial charge >= 0.3 is 0 Å². The van der Waals surface area contributed by atoms with Crippen LogP contribution in [0.25, 0.3) is 0 Å². The van der Waals surface area contributed by atoms with Gasteiger partial charge in [-0.05, 0) is 39.0 Å². The zero-order valence-corrected chi connectivity index (χ0v) is 15.3. The summed E-state index contributed by atoms with van der Waals surface area (Å²) in [6.07, 6.45) is 3.00. The van der Waals surface area contributed by atoms with E-state index in [9.17, 15) is 10.1 Å². The monoisotopic (exact) mass is 356 g/mol. The topological polar surface area (TPSA) is 87.4 Å². The number of anilines is 3. The minimum Gasteiger partial charge on any atom is -0.369 e. The second-order valence-corrected chi connectivity index (χ2v) is 7.32. The van der Waals surface area contributed by atoms with Gasteiger partial charge in [0.15, 0.2) is 0 Å². The summed E-state index contributed by atoms with van der Waals surface area (Å²) in [4.78, 5) is 23.6. The van der Waals surface area contributed by atoms with E-state index in [0.29, 0.717) is 11.5 Å². The molecule has 1 aliphatic heterocycles. The van der Waals surface area contributed by atoms with Crippen molar-refractivity contribution in [1.29, 1.82) is 0 Å². The van der Waals surface area contributed by atoms with E-state index in [1.165, 1.54) is 6.33 Å². The Bertz CT molecular complexity index is 767. The van der Waals surface area contributed by atoms with E-state index in [4.69, 9.17) is 0 Å². The molecule has 1 aromatic carbocycles. The maximum Gasteiger partial charge on any atom is 0.292 e. The normalized spacial score (nSPS) is 15.7. The summed E-state index contributed by atoms with van der Waals surface area (Å²) in [7, 11) is 0. The summed E-state index contributed by atoms with van der Waals surface area (Å²) in [5.41, 5.74) is 1.59. The largest absolute Gasteiger partial charge is 0.369 e. The van der Waals surface area contributed by atoms with E-state index < -0.39 is 0 Å². The predicted octanol–water partition coefficient (Wildman–Crippen LogP) is 3.05. The van der Waals surface area contributed by atoms with E-state index in [1.807, 2.05) is 12.1 Å². The molecule has 0 spiro atoms. The first-order valence-corrected chi connectivity index (χ1v) is 8.66. The van der Waals surface area contributed by atoms with Crippen LogP contribution in [0, 0.1) is 10.1 Å². The van der Waals surface area contributed by atoms with Crippen molar-refractivity contribution in [2.75, 3.05) is 36.4 Å². The van der Waals surface area contributed by atoms with Crippen molar-refractivity contribution in [2.24, 2.45) is 0 Å². The molecule has 138 valence electrons. The average Bonchev–Trinajstić information content (AvgIpc) is 2.62. The van der Waals surface area contributed by atoms with Crippen LogP contribution in [0.2, 0.25) is 0 Å². The molecule has 0 unspecified atom stereocenters. The van der Waals surface area contributed by atoms with Gasteiger partial charge in [-0.15, -0.1) is 0 Å². The summed E-state index contributed by atoms with van der Waals surface area (Å²) >= 11 is 0. The lowest BCUT2D eigenvalue weighted by Crippen LogP contribution is -2.53. The number of hydrogen-bond donors (Lipinski definition) is 1. The zero-order valence-electron chi connectivity index (χ0n) is 15.3. The standard InChI is InChI=1S/C18H24N6O2/c1-18(2,3)23-10-8-22(9-11-23)14-4-5-16(24(25)26)15(12-14)21-17-6-7-19-13-20-17/h4-7,12-13H,8-11H2,1-3H3,(H,19,20,21). The minimum absolute atomic E-state index is 0.0284. The van der Waals surface area contributed by atoms with Gasteiger partial charge in [-0.3, -0.25) is 15.0 Å². The highest BCUT2D eigenvalue weighted by atomic mass is 16.6. The van der Waals surface area contributed by atoms with Crippen LogP contribution in [0.5, 0.6) is 0 Å². The maximum atomic E-state index is 11.4. The van der Waals surface area contributed by atoms with Crippen LogP contribution >= 0.6 is 0 Å². The number of nitro groups is 1. The Balaban J connectivity index is 1.81. The van der Waals surface area contributed by atoms with E-state index in [0.717, 1.165) is 31.9 Å². The molecule has 3 rings (SSSR count). The fourth-order valence-corrected chi connectivity index (χ4v) is 3.12. The molecule has 0 saturated carbocycles. The molecule has 0 bridgehead atoms. The molecule has 1 fully saturated rings. The molecule has 1 saturated heterocycles. The molecule has 8 heteroatoms. The van der Waals surface area contributed by atoms with Crippen LogP contribution in [-0.4, -0.2) is 51.5 Å². The lowest BCUT2D eigenvalue weighted by atomic mass is 10.0. The molecule has 0 radical (unpaired) electrons. The Hall–Kier alpha value is -2.74. The fourth-order valence-electron chi connectivity index (χ4n) is 3.12. The van der Waals surface area contributed by atoms with Gasteiger partial charge in [0.2, 0.25) is 0 Å². The number of nitro benzene ring substituents is 1. The molecule has 2 heterocycles. The van der Waals surface area contributed by atoms with Crippen LogP contribution in [0.1, 0.15) is 20.8 Å². The molecule has 26 heavy (non-hydrogen) atoms. The van der Waals surface area contributed by atoms with Crippen molar-refractivity contribution in [1.82, 2.24) is 14.9 Å². The Labute approximate surface area is 153 Å². The summed E-state index contributed by atoms with van der Waals surface area (Å²) in [5, 5.41) is 14.4. The molecule has 0 amide bonds. The lowest BCUT2D eigenvalue weighted by molar-refractivity contribution is -0.383. The van der Waals surface area contributed by atoms with E-state index >= 15 is 0 Å². The lowest BCUT2D eigenvalue weighted by Gasteiger charge is -2.43. The van der Waals surface area contributed by atoms with Gasteiger partial charge in [0.25, 0.3) is 5.69 Å². The van der Waals surface area contributed by atoms with Gasteiger partial charge < -0.3 is 10.2 Å². The maximum absolute atomic E-state index is 11.4. The summed E-state index contributed by atoms with van der Waals surface area (Å²) < 4.78 is 0. The highest BCUT2D eigenvalue weighted by Crippen LogP contribution is 2.32. The van der Waals surface area contributed by atoms with Crippen LogP contribution in [0.4, 0.5) is 22.9 Å². The fraction of sp³-hybridized carbons (Fsp3) is 0.444. The molecular weight excluding hydrogens is 332 g/mol. The summed E-state index contributed by atoms with van der Waals surface area (Å²) in [6, 6.07) is 6.87. The zero-order chi connectivity index (χ0) is 18.7. The van der Waals surface area contributed by atoms with Gasteiger partial charge in [0.05, 0.1) is 4.92 Å². The predicted molar refractivity (Wildman–Crippen MR) is 102 cm³/mol. The molecule has 0 aliphatic carbocycles. The number of rotatable bonds is 4. The summed E-state index contributed by atoms with van der Waals surface area (Å²) in [6.45, 7) is 10.4.